The van der Waals surface area contributed by atoms with E-state index in [0.29, 0.717) is 31.3 Å². The number of para-hydroxylation sites is 1. The zero-order chi connectivity index (χ0) is 22.1. The number of amides is 1. The summed E-state index contributed by atoms with van der Waals surface area (Å²) in [6, 6.07) is 16.1. The number of methoxy groups -OCH3 is 1. The Kier molecular flexibility index (Phi) is 6.00. The van der Waals surface area contributed by atoms with Crippen LogP contribution in [0.1, 0.15) is 21.7 Å². The molecule has 5 nitrogen and oxygen atoms in total. The molecule has 1 aromatic heterocycles. The van der Waals surface area contributed by atoms with Crippen LogP contribution < -0.4 is 4.90 Å². The van der Waals surface area contributed by atoms with E-state index >= 15 is 0 Å². The number of hydrogen-bond acceptors (Lipinski definition) is 6. The summed E-state index contributed by atoms with van der Waals surface area (Å²) in [5, 5.41) is 0.294. The first-order valence-corrected chi connectivity index (χ1v) is 10.8. The van der Waals surface area contributed by atoms with Crippen LogP contribution >= 0.6 is 35.6 Å². The van der Waals surface area contributed by atoms with Crippen LogP contribution in [0.15, 0.2) is 63.9 Å². The maximum Gasteiger partial charge on any atom is 0.339 e. The molecule has 31 heavy (non-hydrogen) atoms. The van der Waals surface area contributed by atoms with E-state index in [0.717, 1.165) is 11.3 Å². The SMILES string of the molecule is COC(=O)c1cc(-c2ccc(/C=C3/SC(=S)N(c4ccccc4C)C3=O)o2)ccc1Cl. The molecule has 1 saturated heterocycles. The largest absolute Gasteiger partial charge is 0.465 e. The second-order valence-electron chi connectivity index (χ2n) is 6.69. The molecule has 1 aliphatic heterocycles. The van der Waals surface area contributed by atoms with Crippen molar-refractivity contribution in [3.63, 3.8) is 0 Å². The third kappa shape index (κ3) is 4.17. The fourth-order valence-electron chi connectivity index (χ4n) is 3.15. The van der Waals surface area contributed by atoms with Crippen molar-refractivity contribution in [3.8, 4) is 11.3 Å². The van der Waals surface area contributed by atoms with Gasteiger partial charge in [0, 0.05) is 11.6 Å². The Morgan fingerprint density at radius 2 is 1.97 bits per heavy atom. The van der Waals surface area contributed by atoms with Crippen molar-refractivity contribution in [2.24, 2.45) is 0 Å². The maximum absolute atomic E-state index is 13.0. The average Bonchev–Trinajstić information content (AvgIpc) is 3.33. The number of esters is 1. The normalized spacial score (nSPS) is 15.1. The number of halogens is 1. The lowest BCUT2D eigenvalue weighted by Gasteiger charge is -2.16. The Morgan fingerprint density at radius 3 is 2.71 bits per heavy atom. The van der Waals surface area contributed by atoms with E-state index in [1.54, 1.807) is 36.4 Å². The minimum Gasteiger partial charge on any atom is -0.465 e. The minimum absolute atomic E-state index is 0.193. The highest BCUT2D eigenvalue weighted by Gasteiger charge is 2.34. The number of thioether (sulfide) groups is 1. The van der Waals surface area contributed by atoms with Gasteiger partial charge in [-0.15, -0.1) is 0 Å². The first-order chi connectivity index (χ1) is 14.9. The number of carbonyl (C=O) groups is 2. The van der Waals surface area contributed by atoms with Crippen LogP contribution in [0.2, 0.25) is 5.02 Å². The molecule has 0 spiro atoms. The molecule has 0 radical (unpaired) electrons. The molecule has 1 amide bonds. The number of ether oxygens (including phenoxy) is 1. The fraction of sp³-hybridized carbons (Fsp3) is 0.0870. The Hall–Kier alpha value is -2.87. The van der Waals surface area contributed by atoms with Gasteiger partial charge in [-0.3, -0.25) is 9.69 Å². The highest BCUT2D eigenvalue weighted by molar-refractivity contribution is 8.27. The lowest BCUT2D eigenvalue weighted by Crippen LogP contribution is -2.28. The molecular weight excluding hydrogens is 454 g/mol. The van der Waals surface area contributed by atoms with Crippen LogP contribution in [-0.2, 0) is 9.53 Å². The van der Waals surface area contributed by atoms with Gasteiger partial charge in [-0.05, 0) is 48.9 Å². The van der Waals surface area contributed by atoms with E-state index in [-0.39, 0.29) is 11.5 Å². The number of nitrogens with zero attached hydrogens (tertiary/aromatic N) is 1. The molecule has 8 heteroatoms. The molecular formula is C23H16ClNO4S2. The van der Waals surface area contributed by atoms with Crippen molar-refractivity contribution < 1.29 is 18.7 Å². The molecule has 2 aromatic carbocycles. The standard InChI is InChI=1S/C23H16ClNO4S2/c1-13-5-3-4-6-18(13)25-21(26)20(31-23(25)30)12-15-8-10-19(29-15)14-7-9-17(24)16(11-14)22(27)28-2/h3-12H,1-2H3/b20-12+. The summed E-state index contributed by atoms with van der Waals surface area (Å²) in [5.74, 6) is 0.303. The number of aryl methyl sites for hydroxylation is 1. The second-order valence-corrected chi connectivity index (χ2v) is 8.77. The summed E-state index contributed by atoms with van der Waals surface area (Å²) in [4.78, 5) is 26.9. The van der Waals surface area contributed by atoms with Crippen molar-refractivity contribution in [1.29, 1.82) is 0 Å². The van der Waals surface area contributed by atoms with E-state index in [9.17, 15) is 9.59 Å². The zero-order valence-electron chi connectivity index (χ0n) is 16.5. The van der Waals surface area contributed by atoms with Crippen molar-refractivity contribution >= 4 is 63.5 Å². The summed E-state index contributed by atoms with van der Waals surface area (Å²) in [5.41, 5.74) is 2.64. The second kappa shape index (κ2) is 8.70. The number of thiocarbonyl (C=S) groups is 1. The van der Waals surface area contributed by atoms with Gasteiger partial charge in [-0.25, -0.2) is 4.79 Å². The van der Waals surface area contributed by atoms with Gasteiger partial charge < -0.3 is 9.15 Å². The Morgan fingerprint density at radius 1 is 1.19 bits per heavy atom. The molecule has 0 N–H and O–H groups in total. The Balaban J connectivity index is 1.62. The van der Waals surface area contributed by atoms with Crippen molar-refractivity contribution in [2.45, 2.75) is 6.92 Å². The summed E-state index contributed by atoms with van der Waals surface area (Å²) in [6.07, 6.45) is 1.66. The Bertz CT molecular complexity index is 1250. The quantitative estimate of drug-likeness (QED) is 0.261. The number of rotatable bonds is 4. The molecule has 0 atom stereocenters. The third-order valence-corrected chi connectivity index (χ3v) is 6.34. The molecule has 0 aliphatic carbocycles. The van der Waals surface area contributed by atoms with Crippen LogP contribution in [0.3, 0.4) is 0 Å². The lowest BCUT2D eigenvalue weighted by atomic mass is 10.1. The van der Waals surface area contributed by atoms with Crippen LogP contribution in [0, 0.1) is 6.92 Å². The number of carbonyl (C=O) groups excluding carboxylic acids is 2. The van der Waals surface area contributed by atoms with Crippen molar-refractivity contribution in [1.82, 2.24) is 0 Å². The molecule has 4 rings (SSSR count). The summed E-state index contributed by atoms with van der Waals surface area (Å²) in [6.45, 7) is 1.94. The Labute approximate surface area is 193 Å². The predicted molar refractivity (Wildman–Crippen MR) is 127 cm³/mol. The smallest absolute Gasteiger partial charge is 0.339 e. The van der Waals surface area contributed by atoms with Gasteiger partial charge in [0.15, 0.2) is 4.32 Å². The number of hydrogen-bond donors (Lipinski definition) is 0. The molecule has 0 saturated carbocycles. The van der Waals surface area contributed by atoms with E-state index in [1.807, 2.05) is 31.2 Å². The highest BCUT2D eigenvalue weighted by atomic mass is 35.5. The molecule has 2 heterocycles. The fourth-order valence-corrected chi connectivity index (χ4v) is 4.61. The maximum atomic E-state index is 13.0. The predicted octanol–water partition coefficient (Wildman–Crippen LogP) is 6.10. The van der Waals surface area contributed by atoms with Gasteiger partial charge >= 0.3 is 5.97 Å². The minimum atomic E-state index is -0.529. The van der Waals surface area contributed by atoms with Gasteiger partial charge in [0.25, 0.3) is 5.91 Å². The van der Waals surface area contributed by atoms with E-state index in [2.05, 4.69) is 0 Å². The van der Waals surface area contributed by atoms with Crippen molar-refractivity contribution in [3.05, 3.63) is 81.4 Å². The summed E-state index contributed by atoms with van der Waals surface area (Å²) in [7, 11) is 1.30. The average molecular weight is 470 g/mol. The first kappa shape index (κ1) is 21.4. The lowest BCUT2D eigenvalue weighted by molar-refractivity contribution is -0.113. The van der Waals surface area contributed by atoms with Crippen LogP contribution in [0.4, 0.5) is 5.69 Å². The van der Waals surface area contributed by atoms with Crippen LogP contribution in [0.25, 0.3) is 17.4 Å². The molecule has 0 unspecified atom stereocenters. The first-order valence-electron chi connectivity index (χ1n) is 9.20. The molecule has 0 bridgehead atoms. The van der Waals surface area contributed by atoms with Gasteiger partial charge in [0.1, 0.15) is 11.5 Å². The van der Waals surface area contributed by atoms with Gasteiger partial charge in [-0.2, -0.15) is 0 Å². The highest BCUT2D eigenvalue weighted by Crippen LogP contribution is 2.38. The van der Waals surface area contributed by atoms with E-state index in [4.69, 9.17) is 33.0 Å². The monoisotopic (exact) mass is 469 g/mol. The van der Waals surface area contributed by atoms with E-state index in [1.165, 1.54) is 23.8 Å². The topological polar surface area (TPSA) is 59.8 Å². The van der Waals surface area contributed by atoms with Gasteiger partial charge in [0.2, 0.25) is 0 Å². The molecule has 3 aromatic rings. The zero-order valence-corrected chi connectivity index (χ0v) is 18.9. The van der Waals surface area contributed by atoms with Crippen LogP contribution in [0.5, 0.6) is 0 Å². The molecule has 1 fully saturated rings. The summed E-state index contributed by atoms with van der Waals surface area (Å²) < 4.78 is 11.1. The molecule has 1 aliphatic rings. The van der Waals surface area contributed by atoms with Crippen molar-refractivity contribution in [2.75, 3.05) is 12.0 Å². The summed E-state index contributed by atoms with van der Waals surface area (Å²) >= 11 is 12.7. The van der Waals surface area contributed by atoms with Gasteiger partial charge in [0.05, 0.1) is 28.3 Å². The number of anilines is 1. The van der Waals surface area contributed by atoms with Gasteiger partial charge in [-0.1, -0.05) is 53.8 Å². The third-order valence-electron chi connectivity index (χ3n) is 4.71. The van der Waals surface area contributed by atoms with E-state index < -0.39 is 5.97 Å². The molecule has 156 valence electrons. The number of benzene rings is 2. The van der Waals surface area contributed by atoms with Crippen LogP contribution in [-0.4, -0.2) is 23.3 Å². The number of furan rings is 1.